The molecule has 2 atom stereocenters. The van der Waals surface area contributed by atoms with Gasteiger partial charge in [0, 0.05) is 24.9 Å². The van der Waals surface area contributed by atoms with E-state index in [1.807, 2.05) is 30.0 Å². The quantitative estimate of drug-likeness (QED) is 0.444. The van der Waals surface area contributed by atoms with Crippen molar-refractivity contribution in [3.8, 4) is 0 Å². The normalized spacial score (nSPS) is 20.2. The third-order valence-electron chi connectivity index (χ3n) is 5.58. The molecule has 1 aliphatic heterocycles. The molecule has 32 heavy (non-hydrogen) atoms. The number of nitrogens with one attached hydrogen (secondary N) is 2. The van der Waals surface area contributed by atoms with Gasteiger partial charge in [-0.05, 0) is 48.2 Å². The van der Waals surface area contributed by atoms with E-state index in [1.165, 1.54) is 12.5 Å². The van der Waals surface area contributed by atoms with Gasteiger partial charge in [0.15, 0.2) is 4.93 Å². The van der Waals surface area contributed by atoms with Crippen LogP contribution in [0.5, 0.6) is 0 Å². The second-order valence-electron chi connectivity index (χ2n) is 8.09. The van der Waals surface area contributed by atoms with Gasteiger partial charge in [0.05, 0.1) is 6.10 Å². The van der Waals surface area contributed by atoms with Gasteiger partial charge in [0.2, 0.25) is 5.91 Å². The molecule has 166 valence electrons. The van der Waals surface area contributed by atoms with Crippen molar-refractivity contribution in [3.63, 3.8) is 0 Å². The molecule has 1 aliphatic rings. The molecule has 1 saturated heterocycles. The highest BCUT2D eigenvalue weighted by atomic mass is 32.2. The van der Waals surface area contributed by atoms with E-state index < -0.39 is 4.93 Å². The Morgan fingerprint density at radius 2 is 1.62 bits per heavy atom. The van der Waals surface area contributed by atoms with Crippen molar-refractivity contribution in [2.45, 2.75) is 30.8 Å². The number of aryl methyl sites for hydroxylation is 1. The van der Waals surface area contributed by atoms with E-state index in [1.54, 1.807) is 0 Å². The van der Waals surface area contributed by atoms with Crippen LogP contribution >= 0.6 is 11.8 Å². The second-order valence-corrected chi connectivity index (χ2v) is 9.28. The SMILES string of the molecule is CC(=O)Nc1ccc(C2(c3ccccc3)OC(CNCCCc3ccccc3)CS2)cc1. The molecule has 0 bridgehead atoms. The number of hydrogen-bond donors (Lipinski definition) is 2. The van der Waals surface area contributed by atoms with Crippen LogP contribution in [0.1, 0.15) is 30.0 Å². The Balaban J connectivity index is 1.39. The molecule has 3 aromatic carbocycles. The lowest BCUT2D eigenvalue weighted by Gasteiger charge is -2.30. The summed E-state index contributed by atoms with van der Waals surface area (Å²) in [6.07, 6.45) is 2.33. The van der Waals surface area contributed by atoms with E-state index in [4.69, 9.17) is 4.74 Å². The van der Waals surface area contributed by atoms with Gasteiger partial charge in [-0.3, -0.25) is 4.79 Å². The fraction of sp³-hybridized carbons (Fsp3) is 0.296. The van der Waals surface area contributed by atoms with Gasteiger partial charge in [0.25, 0.3) is 0 Å². The van der Waals surface area contributed by atoms with Gasteiger partial charge in [-0.1, -0.05) is 72.8 Å². The van der Waals surface area contributed by atoms with E-state index in [0.29, 0.717) is 0 Å². The molecule has 0 aliphatic carbocycles. The number of rotatable bonds is 9. The molecule has 0 spiro atoms. The minimum Gasteiger partial charge on any atom is -0.350 e. The van der Waals surface area contributed by atoms with Crippen molar-refractivity contribution >= 4 is 23.4 Å². The van der Waals surface area contributed by atoms with Crippen molar-refractivity contribution in [1.29, 1.82) is 0 Å². The highest BCUT2D eigenvalue weighted by Crippen LogP contribution is 2.49. The first-order valence-electron chi connectivity index (χ1n) is 11.2. The number of ether oxygens (including phenoxy) is 1. The van der Waals surface area contributed by atoms with E-state index in [0.717, 1.165) is 48.5 Å². The fourth-order valence-electron chi connectivity index (χ4n) is 4.04. The number of carbonyl (C=O) groups is 1. The highest BCUT2D eigenvalue weighted by molar-refractivity contribution is 8.00. The Labute approximate surface area is 194 Å². The maximum absolute atomic E-state index is 11.4. The predicted octanol–water partition coefficient (Wildman–Crippen LogP) is 5.20. The summed E-state index contributed by atoms with van der Waals surface area (Å²) < 4.78 is 6.72. The largest absolute Gasteiger partial charge is 0.350 e. The first-order chi connectivity index (χ1) is 15.7. The third kappa shape index (κ3) is 5.60. The van der Waals surface area contributed by atoms with Gasteiger partial charge >= 0.3 is 0 Å². The van der Waals surface area contributed by atoms with Crippen LogP contribution in [0.2, 0.25) is 0 Å². The number of amides is 1. The van der Waals surface area contributed by atoms with Gasteiger partial charge in [-0.25, -0.2) is 0 Å². The molecule has 1 amide bonds. The van der Waals surface area contributed by atoms with Gasteiger partial charge < -0.3 is 15.4 Å². The molecule has 4 rings (SSSR count). The van der Waals surface area contributed by atoms with E-state index in [2.05, 4.69) is 77.4 Å². The molecule has 1 heterocycles. The summed E-state index contributed by atoms with van der Waals surface area (Å²) in [5.74, 6) is 0.856. The van der Waals surface area contributed by atoms with Crippen molar-refractivity contribution < 1.29 is 9.53 Å². The van der Waals surface area contributed by atoms with Gasteiger partial charge in [0.1, 0.15) is 0 Å². The summed E-state index contributed by atoms with van der Waals surface area (Å²) in [7, 11) is 0. The smallest absolute Gasteiger partial charge is 0.221 e. The number of thioether (sulfide) groups is 1. The first-order valence-corrected chi connectivity index (χ1v) is 12.1. The number of anilines is 1. The summed E-state index contributed by atoms with van der Waals surface area (Å²) >= 11 is 1.83. The summed E-state index contributed by atoms with van der Waals surface area (Å²) in [6.45, 7) is 3.33. The summed E-state index contributed by atoms with van der Waals surface area (Å²) in [6, 6.07) is 29.0. The predicted molar refractivity (Wildman–Crippen MR) is 133 cm³/mol. The van der Waals surface area contributed by atoms with Crippen LogP contribution in [0.15, 0.2) is 84.9 Å². The average Bonchev–Trinajstić information content (AvgIpc) is 3.26. The first kappa shape index (κ1) is 22.6. The minimum absolute atomic E-state index is 0.0691. The topological polar surface area (TPSA) is 50.4 Å². The van der Waals surface area contributed by atoms with E-state index >= 15 is 0 Å². The number of carbonyl (C=O) groups excluding carboxylic acids is 1. The van der Waals surface area contributed by atoms with Crippen molar-refractivity contribution in [1.82, 2.24) is 5.32 Å². The van der Waals surface area contributed by atoms with Crippen LogP contribution in [0.3, 0.4) is 0 Å². The van der Waals surface area contributed by atoms with Crippen LogP contribution in [-0.4, -0.2) is 30.9 Å². The maximum Gasteiger partial charge on any atom is 0.221 e. The lowest BCUT2D eigenvalue weighted by atomic mass is 10.00. The molecule has 2 N–H and O–H groups in total. The van der Waals surface area contributed by atoms with Crippen LogP contribution in [-0.2, 0) is 20.9 Å². The lowest BCUT2D eigenvalue weighted by molar-refractivity contribution is -0.114. The van der Waals surface area contributed by atoms with E-state index in [-0.39, 0.29) is 12.0 Å². The Bertz CT molecular complexity index is 995. The zero-order chi connectivity index (χ0) is 22.2. The van der Waals surface area contributed by atoms with Crippen LogP contribution < -0.4 is 10.6 Å². The van der Waals surface area contributed by atoms with Crippen molar-refractivity contribution in [3.05, 3.63) is 102 Å². The third-order valence-corrected chi connectivity index (χ3v) is 7.09. The highest BCUT2D eigenvalue weighted by Gasteiger charge is 2.44. The zero-order valence-electron chi connectivity index (χ0n) is 18.4. The monoisotopic (exact) mass is 446 g/mol. The lowest BCUT2D eigenvalue weighted by Crippen LogP contribution is -2.32. The molecule has 0 radical (unpaired) electrons. The Hall–Kier alpha value is -2.60. The van der Waals surface area contributed by atoms with Gasteiger partial charge in [-0.15, -0.1) is 11.8 Å². The summed E-state index contributed by atoms with van der Waals surface area (Å²) in [5, 5.41) is 6.42. The fourth-order valence-corrected chi connectivity index (χ4v) is 5.46. The van der Waals surface area contributed by atoms with Crippen LogP contribution in [0.4, 0.5) is 5.69 Å². The molecule has 3 aromatic rings. The van der Waals surface area contributed by atoms with Crippen LogP contribution in [0, 0.1) is 0 Å². The van der Waals surface area contributed by atoms with E-state index in [9.17, 15) is 4.79 Å². The molecular formula is C27H30N2O2S. The summed E-state index contributed by atoms with van der Waals surface area (Å²) in [5.41, 5.74) is 4.41. The Kier molecular flexibility index (Phi) is 7.63. The number of hydrogen-bond acceptors (Lipinski definition) is 4. The molecule has 5 heteroatoms. The maximum atomic E-state index is 11.4. The standard InChI is InChI=1S/C27H30N2O2S/c1-21(30)29-25-16-14-24(15-17-25)27(23-12-6-3-7-13-23)31-26(20-32-27)19-28-18-8-11-22-9-4-2-5-10-22/h2-7,9-10,12-17,26,28H,8,11,18-20H2,1H3,(H,29,30). The Morgan fingerprint density at radius 1 is 0.969 bits per heavy atom. The Morgan fingerprint density at radius 3 is 2.31 bits per heavy atom. The second kappa shape index (κ2) is 10.8. The molecule has 0 aromatic heterocycles. The zero-order valence-corrected chi connectivity index (χ0v) is 19.2. The van der Waals surface area contributed by atoms with Gasteiger partial charge in [-0.2, -0.15) is 0 Å². The average molecular weight is 447 g/mol. The molecule has 1 fully saturated rings. The summed E-state index contributed by atoms with van der Waals surface area (Å²) in [4.78, 5) is 10.8. The molecular weight excluding hydrogens is 416 g/mol. The van der Waals surface area contributed by atoms with Crippen LogP contribution in [0.25, 0.3) is 0 Å². The molecule has 2 unspecified atom stereocenters. The molecule has 0 saturated carbocycles. The van der Waals surface area contributed by atoms with Crippen molar-refractivity contribution in [2.24, 2.45) is 0 Å². The minimum atomic E-state index is -0.535. The van der Waals surface area contributed by atoms with Crippen molar-refractivity contribution in [2.75, 3.05) is 24.2 Å². The number of benzene rings is 3. The molecule has 4 nitrogen and oxygen atoms in total.